The minimum Gasteiger partial charge on any atom is -0.398 e. The molecule has 1 aliphatic carbocycles. The van der Waals surface area contributed by atoms with Gasteiger partial charge >= 0.3 is 0 Å². The van der Waals surface area contributed by atoms with E-state index in [1.807, 2.05) is 12.3 Å². The Morgan fingerprint density at radius 1 is 1.10 bits per heavy atom. The summed E-state index contributed by atoms with van der Waals surface area (Å²) >= 11 is 0. The first-order valence-corrected chi connectivity index (χ1v) is 7.94. The summed E-state index contributed by atoms with van der Waals surface area (Å²) in [7, 11) is 0. The lowest BCUT2D eigenvalue weighted by molar-refractivity contribution is 0.0479. The predicted octanol–water partition coefficient (Wildman–Crippen LogP) is 2.46. The van der Waals surface area contributed by atoms with E-state index < -0.39 is 0 Å². The van der Waals surface area contributed by atoms with Gasteiger partial charge in [0, 0.05) is 29.2 Å². The smallest absolute Gasteiger partial charge is 0.0518 e. The van der Waals surface area contributed by atoms with Crippen LogP contribution in [-0.2, 0) is 0 Å². The molecule has 2 aliphatic rings. The van der Waals surface area contributed by atoms with E-state index in [0.717, 1.165) is 11.3 Å². The highest BCUT2D eigenvalue weighted by Crippen LogP contribution is 2.45. The summed E-state index contributed by atoms with van der Waals surface area (Å²) in [4.78, 5) is 6.89. The molecule has 20 heavy (non-hydrogen) atoms. The highest BCUT2D eigenvalue weighted by molar-refractivity contribution is 5.47. The van der Waals surface area contributed by atoms with E-state index in [-0.39, 0.29) is 11.6 Å². The van der Waals surface area contributed by atoms with Crippen LogP contribution in [0.4, 0.5) is 5.69 Å². The molecule has 2 heterocycles. The van der Waals surface area contributed by atoms with Crippen molar-refractivity contribution in [2.45, 2.75) is 56.5 Å². The van der Waals surface area contributed by atoms with Gasteiger partial charge in [0.25, 0.3) is 0 Å². The largest absolute Gasteiger partial charge is 0.398 e. The van der Waals surface area contributed by atoms with E-state index in [1.54, 1.807) is 6.20 Å². The highest BCUT2D eigenvalue weighted by atomic mass is 15.2. The lowest BCUT2D eigenvalue weighted by Crippen LogP contribution is -2.55. The van der Waals surface area contributed by atoms with Crippen molar-refractivity contribution in [3.8, 4) is 0 Å². The van der Waals surface area contributed by atoms with Crippen molar-refractivity contribution in [2.24, 2.45) is 5.73 Å². The topological polar surface area (TPSA) is 68.2 Å². The Morgan fingerprint density at radius 2 is 1.80 bits per heavy atom. The maximum absolute atomic E-state index is 6.71. The molecule has 1 saturated carbocycles. The molecule has 1 aliphatic heterocycles. The van der Waals surface area contributed by atoms with E-state index in [2.05, 4.69) is 9.88 Å². The molecule has 1 aromatic rings. The average molecular weight is 274 g/mol. The van der Waals surface area contributed by atoms with Crippen LogP contribution in [0.1, 0.15) is 56.6 Å². The minimum atomic E-state index is -0.0169. The molecule has 1 atom stereocenters. The molecule has 1 aromatic heterocycles. The van der Waals surface area contributed by atoms with Crippen molar-refractivity contribution in [1.82, 2.24) is 9.88 Å². The third-order valence-electron chi connectivity index (χ3n) is 5.26. The van der Waals surface area contributed by atoms with E-state index in [4.69, 9.17) is 11.5 Å². The quantitative estimate of drug-likeness (QED) is 0.888. The monoisotopic (exact) mass is 274 g/mol. The van der Waals surface area contributed by atoms with Crippen LogP contribution in [0.5, 0.6) is 0 Å². The second-order valence-electron chi connectivity index (χ2n) is 6.34. The molecule has 4 heteroatoms. The summed E-state index contributed by atoms with van der Waals surface area (Å²) in [6.45, 7) is 2.38. The van der Waals surface area contributed by atoms with Crippen molar-refractivity contribution in [3.63, 3.8) is 0 Å². The minimum absolute atomic E-state index is 0.0169. The van der Waals surface area contributed by atoms with E-state index in [0.29, 0.717) is 0 Å². The molecular weight excluding hydrogens is 248 g/mol. The number of nitrogen functional groups attached to an aromatic ring is 1. The van der Waals surface area contributed by atoms with Crippen molar-refractivity contribution < 1.29 is 0 Å². The Balaban J connectivity index is 1.91. The SMILES string of the molecule is Nc1ccncc1C(N)C1(N2CCCCC2)CCCC1. The lowest BCUT2D eigenvalue weighted by atomic mass is 9.81. The fraction of sp³-hybridized carbons (Fsp3) is 0.688. The van der Waals surface area contributed by atoms with Crippen LogP contribution in [0, 0.1) is 0 Å². The van der Waals surface area contributed by atoms with Gasteiger partial charge in [-0.2, -0.15) is 0 Å². The summed E-state index contributed by atoms with van der Waals surface area (Å²) < 4.78 is 0. The van der Waals surface area contributed by atoms with Gasteiger partial charge in [0.2, 0.25) is 0 Å². The highest BCUT2D eigenvalue weighted by Gasteiger charge is 2.45. The Morgan fingerprint density at radius 3 is 2.45 bits per heavy atom. The zero-order valence-electron chi connectivity index (χ0n) is 12.2. The fourth-order valence-electron chi connectivity index (χ4n) is 4.12. The van der Waals surface area contributed by atoms with Crippen LogP contribution < -0.4 is 11.5 Å². The lowest BCUT2D eigenvalue weighted by Gasteiger charge is -2.47. The number of rotatable bonds is 3. The Hall–Kier alpha value is -1.13. The van der Waals surface area contributed by atoms with Crippen molar-refractivity contribution >= 4 is 5.69 Å². The first kappa shape index (κ1) is 13.8. The maximum atomic E-state index is 6.71. The number of anilines is 1. The zero-order chi connectivity index (χ0) is 14.0. The van der Waals surface area contributed by atoms with Crippen LogP contribution >= 0.6 is 0 Å². The van der Waals surface area contributed by atoms with E-state index in [9.17, 15) is 0 Å². The molecule has 0 aromatic carbocycles. The molecule has 0 bridgehead atoms. The van der Waals surface area contributed by atoms with Crippen LogP contribution in [0.15, 0.2) is 18.5 Å². The first-order valence-electron chi connectivity index (χ1n) is 7.94. The van der Waals surface area contributed by atoms with Gasteiger partial charge in [0.15, 0.2) is 0 Å². The molecule has 0 spiro atoms. The number of nitrogens with zero attached hydrogens (tertiary/aromatic N) is 2. The summed E-state index contributed by atoms with van der Waals surface area (Å²) in [5, 5.41) is 0. The Kier molecular flexibility index (Phi) is 3.94. The van der Waals surface area contributed by atoms with Gasteiger partial charge in [-0.05, 0) is 44.8 Å². The van der Waals surface area contributed by atoms with Gasteiger partial charge in [0.05, 0.1) is 6.04 Å². The first-order chi connectivity index (χ1) is 9.74. The van der Waals surface area contributed by atoms with Gasteiger partial charge in [-0.25, -0.2) is 0 Å². The van der Waals surface area contributed by atoms with Crippen molar-refractivity contribution in [2.75, 3.05) is 18.8 Å². The van der Waals surface area contributed by atoms with Gasteiger partial charge in [-0.3, -0.25) is 9.88 Å². The molecule has 0 amide bonds. The second-order valence-corrected chi connectivity index (χ2v) is 6.34. The van der Waals surface area contributed by atoms with Gasteiger partial charge in [0.1, 0.15) is 0 Å². The number of hydrogen-bond acceptors (Lipinski definition) is 4. The van der Waals surface area contributed by atoms with Gasteiger partial charge < -0.3 is 11.5 Å². The second kappa shape index (κ2) is 5.70. The molecule has 0 radical (unpaired) electrons. The third kappa shape index (κ3) is 2.31. The Bertz CT molecular complexity index is 448. The summed E-state index contributed by atoms with van der Waals surface area (Å²) in [5.41, 5.74) is 14.8. The normalized spacial score (nSPS) is 24.6. The number of piperidine rings is 1. The summed E-state index contributed by atoms with van der Waals surface area (Å²) in [5.74, 6) is 0. The van der Waals surface area contributed by atoms with Crippen molar-refractivity contribution in [1.29, 1.82) is 0 Å². The molecule has 4 N–H and O–H groups in total. The average Bonchev–Trinajstić information content (AvgIpc) is 2.99. The standard InChI is InChI=1S/C16H26N4/c17-14-6-9-19-12-13(14)15(18)16(7-2-3-8-16)20-10-4-1-5-11-20/h6,9,12,15H,1-5,7-8,10-11,18H2,(H2,17,19). The predicted molar refractivity (Wildman–Crippen MR) is 82.2 cm³/mol. The molecule has 1 unspecified atom stereocenters. The van der Waals surface area contributed by atoms with Crippen molar-refractivity contribution in [3.05, 3.63) is 24.0 Å². The molecule has 110 valence electrons. The number of aromatic nitrogens is 1. The molecule has 4 nitrogen and oxygen atoms in total. The number of likely N-dealkylation sites (tertiary alicyclic amines) is 1. The number of hydrogen-bond donors (Lipinski definition) is 2. The fourth-order valence-corrected chi connectivity index (χ4v) is 4.12. The zero-order valence-corrected chi connectivity index (χ0v) is 12.2. The molecule has 1 saturated heterocycles. The van der Waals surface area contributed by atoms with Crippen LogP contribution in [0.25, 0.3) is 0 Å². The molecule has 2 fully saturated rings. The van der Waals surface area contributed by atoms with E-state index in [1.165, 1.54) is 58.0 Å². The summed E-state index contributed by atoms with van der Waals surface area (Å²) in [6.07, 6.45) is 12.5. The third-order valence-corrected chi connectivity index (χ3v) is 5.26. The number of nitrogens with two attached hydrogens (primary N) is 2. The van der Waals surface area contributed by atoms with E-state index >= 15 is 0 Å². The Labute approximate surface area is 121 Å². The van der Waals surface area contributed by atoms with Gasteiger partial charge in [-0.15, -0.1) is 0 Å². The van der Waals surface area contributed by atoms with Crippen LogP contribution in [0.3, 0.4) is 0 Å². The molecule has 3 rings (SSSR count). The van der Waals surface area contributed by atoms with Crippen LogP contribution in [0.2, 0.25) is 0 Å². The molecular formula is C16H26N4. The number of pyridine rings is 1. The maximum Gasteiger partial charge on any atom is 0.0518 e. The summed E-state index contributed by atoms with van der Waals surface area (Å²) in [6, 6.07) is 1.85. The van der Waals surface area contributed by atoms with Crippen LogP contribution in [-0.4, -0.2) is 28.5 Å². The van der Waals surface area contributed by atoms with Gasteiger partial charge in [-0.1, -0.05) is 19.3 Å².